The second kappa shape index (κ2) is 4.79. The highest BCUT2D eigenvalue weighted by atomic mass is 16.5. The van der Waals surface area contributed by atoms with Crippen LogP contribution in [0.25, 0.3) is 11.5 Å². The Kier molecular flexibility index (Phi) is 2.98. The van der Waals surface area contributed by atoms with Crippen LogP contribution in [-0.2, 0) is 12.8 Å². The van der Waals surface area contributed by atoms with Gasteiger partial charge in [-0.25, -0.2) is 19.9 Å². The summed E-state index contributed by atoms with van der Waals surface area (Å²) in [7, 11) is 1.56. The molecule has 2 heterocycles. The Balaban J connectivity index is 2.07. The molecular formula is C13H15N5O. The summed E-state index contributed by atoms with van der Waals surface area (Å²) < 4.78 is 5.08. The van der Waals surface area contributed by atoms with Crippen LogP contribution in [0.5, 0.6) is 5.88 Å². The van der Waals surface area contributed by atoms with Gasteiger partial charge in [-0.1, -0.05) is 0 Å². The number of aromatic nitrogens is 4. The Hall–Kier alpha value is -2.24. The summed E-state index contributed by atoms with van der Waals surface area (Å²) in [6.45, 7) is 0. The first-order valence-corrected chi connectivity index (χ1v) is 6.29. The molecule has 6 heteroatoms. The molecule has 0 aromatic carbocycles. The van der Waals surface area contributed by atoms with Gasteiger partial charge in [0.2, 0.25) is 5.88 Å². The van der Waals surface area contributed by atoms with Crippen LogP contribution in [0, 0.1) is 0 Å². The van der Waals surface area contributed by atoms with Crippen LogP contribution in [0.4, 0.5) is 5.82 Å². The molecule has 0 radical (unpaired) electrons. The Bertz CT molecular complexity index is 614. The highest BCUT2D eigenvalue weighted by Crippen LogP contribution is 2.26. The maximum Gasteiger partial charge on any atom is 0.216 e. The summed E-state index contributed by atoms with van der Waals surface area (Å²) in [6, 6.07) is 1.71. The smallest absolute Gasteiger partial charge is 0.216 e. The van der Waals surface area contributed by atoms with Gasteiger partial charge in [0.15, 0.2) is 5.82 Å². The first-order chi connectivity index (χ1) is 9.28. The van der Waals surface area contributed by atoms with E-state index in [1.54, 1.807) is 13.2 Å². The van der Waals surface area contributed by atoms with Crippen molar-refractivity contribution in [3.8, 4) is 17.4 Å². The lowest BCUT2D eigenvalue weighted by molar-refractivity contribution is 0.397. The average molecular weight is 257 g/mol. The van der Waals surface area contributed by atoms with E-state index in [2.05, 4.69) is 19.9 Å². The minimum atomic E-state index is 0.491. The number of nitrogens with zero attached hydrogens (tertiary/aromatic N) is 4. The predicted molar refractivity (Wildman–Crippen MR) is 70.7 cm³/mol. The molecule has 2 aromatic rings. The van der Waals surface area contributed by atoms with Crippen LogP contribution in [0.15, 0.2) is 12.4 Å². The number of hydrogen-bond acceptors (Lipinski definition) is 6. The fraction of sp³-hybridized carbons (Fsp3) is 0.385. The van der Waals surface area contributed by atoms with Crippen molar-refractivity contribution in [1.82, 2.24) is 19.9 Å². The van der Waals surface area contributed by atoms with E-state index in [1.165, 1.54) is 6.33 Å². The molecule has 0 bridgehead atoms. The zero-order valence-corrected chi connectivity index (χ0v) is 10.8. The Morgan fingerprint density at radius 2 is 2.00 bits per heavy atom. The Morgan fingerprint density at radius 3 is 2.84 bits per heavy atom. The molecule has 2 N–H and O–H groups in total. The van der Waals surface area contributed by atoms with Crippen LogP contribution < -0.4 is 10.5 Å². The first kappa shape index (κ1) is 11.8. The van der Waals surface area contributed by atoms with E-state index in [0.29, 0.717) is 23.2 Å². The molecule has 2 aromatic heterocycles. The van der Waals surface area contributed by atoms with Crippen molar-refractivity contribution in [2.24, 2.45) is 0 Å². The number of aryl methyl sites for hydroxylation is 1. The number of fused-ring (bicyclic) bond motifs is 1. The molecule has 1 aliphatic carbocycles. The van der Waals surface area contributed by atoms with Crippen LogP contribution >= 0.6 is 0 Å². The van der Waals surface area contributed by atoms with Crippen molar-refractivity contribution in [2.75, 3.05) is 12.8 Å². The van der Waals surface area contributed by atoms with Gasteiger partial charge < -0.3 is 10.5 Å². The summed E-state index contributed by atoms with van der Waals surface area (Å²) in [6.07, 6.45) is 5.66. The maximum atomic E-state index is 6.02. The van der Waals surface area contributed by atoms with E-state index in [-0.39, 0.29) is 0 Å². The third-order valence-electron chi connectivity index (χ3n) is 3.30. The quantitative estimate of drug-likeness (QED) is 0.875. The number of ether oxygens (including phenoxy) is 1. The maximum absolute atomic E-state index is 6.02. The van der Waals surface area contributed by atoms with Crippen molar-refractivity contribution < 1.29 is 4.74 Å². The van der Waals surface area contributed by atoms with Gasteiger partial charge in [-0.15, -0.1) is 0 Å². The van der Waals surface area contributed by atoms with Crippen LogP contribution in [-0.4, -0.2) is 27.0 Å². The van der Waals surface area contributed by atoms with Gasteiger partial charge >= 0.3 is 0 Å². The van der Waals surface area contributed by atoms with Crippen molar-refractivity contribution in [2.45, 2.75) is 25.7 Å². The molecule has 0 saturated carbocycles. The fourth-order valence-electron chi connectivity index (χ4n) is 2.31. The lowest BCUT2D eigenvalue weighted by Gasteiger charge is -2.16. The molecule has 0 saturated heterocycles. The topological polar surface area (TPSA) is 86.8 Å². The predicted octanol–water partition coefficient (Wildman–Crippen LogP) is 1.40. The molecule has 3 rings (SSSR count). The zero-order chi connectivity index (χ0) is 13.2. The minimum Gasteiger partial charge on any atom is -0.481 e. The lowest BCUT2D eigenvalue weighted by atomic mass is 9.96. The molecular weight excluding hydrogens is 242 g/mol. The van der Waals surface area contributed by atoms with Crippen molar-refractivity contribution in [3.05, 3.63) is 23.7 Å². The number of hydrogen-bond donors (Lipinski definition) is 1. The van der Waals surface area contributed by atoms with E-state index >= 15 is 0 Å². The van der Waals surface area contributed by atoms with Crippen LogP contribution in [0.2, 0.25) is 0 Å². The van der Waals surface area contributed by atoms with Gasteiger partial charge in [-0.3, -0.25) is 0 Å². The van der Waals surface area contributed by atoms with E-state index in [4.69, 9.17) is 10.5 Å². The molecule has 0 spiro atoms. The summed E-state index contributed by atoms with van der Waals surface area (Å²) in [5, 5.41) is 0. The van der Waals surface area contributed by atoms with Gasteiger partial charge in [-0.05, 0) is 25.7 Å². The molecule has 6 nitrogen and oxygen atoms in total. The molecule has 0 unspecified atom stereocenters. The average Bonchev–Trinajstić information content (AvgIpc) is 2.47. The fourth-order valence-corrected chi connectivity index (χ4v) is 2.31. The molecule has 98 valence electrons. The second-order valence-corrected chi connectivity index (χ2v) is 4.51. The third-order valence-corrected chi connectivity index (χ3v) is 3.30. The standard InChI is InChI=1S/C13H15N5O/c1-19-11-6-10(15-7-16-11)13-17-9-5-3-2-4-8(9)12(14)18-13/h6-7H,2-5H2,1H3,(H2,14,17,18). The van der Waals surface area contributed by atoms with Gasteiger partial charge in [0.25, 0.3) is 0 Å². The number of methoxy groups -OCH3 is 1. The van der Waals surface area contributed by atoms with Gasteiger partial charge in [0.1, 0.15) is 17.8 Å². The molecule has 19 heavy (non-hydrogen) atoms. The van der Waals surface area contributed by atoms with E-state index in [1.807, 2.05) is 0 Å². The lowest BCUT2D eigenvalue weighted by Crippen LogP contribution is -2.12. The minimum absolute atomic E-state index is 0.491. The number of rotatable bonds is 2. The summed E-state index contributed by atoms with van der Waals surface area (Å²) in [4.78, 5) is 17.1. The molecule has 0 atom stereocenters. The normalized spacial score (nSPS) is 13.9. The highest BCUT2D eigenvalue weighted by molar-refractivity contribution is 5.56. The monoisotopic (exact) mass is 257 g/mol. The van der Waals surface area contributed by atoms with Crippen LogP contribution in [0.1, 0.15) is 24.1 Å². The summed E-state index contributed by atoms with van der Waals surface area (Å²) >= 11 is 0. The molecule has 0 fully saturated rings. The SMILES string of the molecule is COc1cc(-c2nc(N)c3c(n2)CCCC3)ncn1. The van der Waals surface area contributed by atoms with Crippen LogP contribution in [0.3, 0.4) is 0 Å². The van der Waals surface area contributed by atoms with E-state index < -0.39 is 0 Å². The van der Waals surface area contributed by atoms with E-state index in [0.717, 1.165) is 36.9 Å². The molecule has 1 aliphatic rings. The Labute approximate surface area is 111 Å². The molecule has 0 aliphatic heterocycles. The number of nitrogens with two attached hydrogens (primary N) is 1. The van der Waals surface area contributed by atoms with E-state index in [9.17, 15) is 0 Å². The number of anilines is 1. The van der Waals surface area contributed by atoms with Crippen molar-refractivity contribution in [3.63, 3.8) is 0 Å². The highest BCUT2D eigenvalue weighted by Gasteiger charge is 2.17. The second-order valence-electron chi connectivity index (χ2n) is 4.51. The van der Waals surface area contributed by atoms with Crippen molar-refractivity contribution >= 4 is 5.82 Å². The van der Waals surface area contributed by atoms with Gasteiger partial charge in [0, 0.05) is 17.3 Å². The largest absolute Gasteiger partial charge is 0.481 e. The summed E-state index contributed by atoms with van der Waals surface area (Å²) in [5.41, 5.74) is 8.80. The number of nitrogen functional groups attached to an aromatic ring is 1. The summed E-state index contributed by atoms with van der Waals surface area (Å²) in [5.74, 6) is 1.60. The zero-order valence-electron chi connectivity index (χ0n) is 10.8. The molecule has 0 amide bonds. The Morgan fingerprint density at radius 1 is 1.16 bits per heavy atom. The first-order valence-electron chi connectivity index (χ1n) is 6.29. The van der Waals surface area contributed by atoms with Crippen molar-refractivity contribution in [1.29, 1.82) is 0 Å². The third kappa shape index (κ3) is 2.21. The van der Waals surface area contributed by atoms with Gasteiger partial charge in [-0.2, -0.15) is 0 Å². The van der Waals surface area contributed by atoms with Gasteiger partial charge in [0.05, 0.1) is 7.11 Å².